The van der Waals surface area contributed by atoms with Crippen LogP contribution in [0.4, 0.5) is 11.6 Å². The largest absolute Gasteiger partial charge is 0.307 e. The van der Waals surface area contributed by atoms with Gasteiger partial charge in [-0.2, -0.15) is 0 Å². The van der Waals surface area contributed by atoms with Gasteiger partial charge in [-0.1, -0.05) is 6.07 Å². The van der Waals surface area contributed by atoms with Crippen molar-refractivity contribution in [2.75, 3.05) is 10.7 Å². The zero-order valence-electron chi connectivity index (χ0n) is 9.71. The summed E-state index contributed by atoms with van der Waals surface area (Å²) < 4.78 is 0. The SMILES string of the molecule is Cc1ccc(NC(=O)c2ccc(NN)nn2)nc1. The molecule has 7 nitrogen and oxygen atoms in total. The van der Waals surface area contributed by atoms with Crippen molar-refractivity contribution in [2.24, 2.45) is 5.84 Å². The van der Waals surface area contributed by atoms with E-state index in [2.05, 4.69) is 25.9 Å². The summed E-state index contributed by atoms with van der Waals surface area (Å²) in [7, 11) is 0. The molecule has 0 bridgehead atoms. The maximum absolute atomic E-state index is 11.8. The molecule has 2 aromatic heterocycles. The standard InChI is InChI=1S/C11H12N6O/c1-7-2-4-9(13-6-7)14-11(18)8-3-5-10(15-12)17-16-8/h2-6H,12H2,1H3,(H,15,17)(H,13,14,18). The number of nitrogen functional groups attached to an aromatic ring is 1. The number of amides is 1. The average molecular weight is 244 g/mol. The Kier molecular flexibility index (Phi) is 3.44. The first-order chi connectivity index (χ1) is 8.69. The van der Waals surface area contributed by atoms with Crippen LogP contribution in [0, 0.1) is 6.92 Å². The lowest BCUT2D eigenvalue weighted by atomic mass is 10.3. The molecule has 92 valence electrons. The second-order valence-electron chi connectivity index (χ2n) is 3.62. The molecule has 0 saturated heterocycles. The van der Waals surface area contributed by atoms with Gasteiger partial charge in [0.2, 0.25) is 0 Å². The van der Waals surface area contributed by atoms with Crippen molar-refractivity contribution in [1.82, 2.24) is 15.2 Å². The number of nitrogens with one attached hydrogen (secondary N) is 2. The molecule has 2 rings (SSSR count). The molecule has 7 heteroatoms. The van der Waals surface area contributed by atoms with E-state index in [0.29, 0.717) is 11.6 Å². The Bertz CT molecular complexity index is 536. The molecule has 0 spiro atoms. The van der Waals surface area contributed by atoms with Crippen molar-refractivity contribution in [3.8, 4) is 0 Å². The molecule has 18 heavy (non-hydrogen) atoms. The van der Waals surface area contributed by atoms with Crippen molar-refractivity contribution in [1.29, 1.82) is 0 Å². The zero-order valence-corrected chi connectivity index (χ0v) is 9.71. The molecular weight excluding hydrogens is 232 g/mol. The van der Waals surface area contributed by atoms with Crippen LogP contribution in [0.25, 0.3) is 0 Å². The summed E-state index contributed by atoms with van der Waals surface area (Å²) in [5.74, 6) is 5.63. The molecule has 4 N–H and O–H groups in total. The van der Waals surface area contributed by atoms with Gasteiger partial charge in [0.15, 0.2) is 11.5 Å². The van der Waals surface area contributed by atoms with E-state index in [1.54, 1.807) is 18.3 Å². The first kappa shape index (κ1) is 11.9. The smallest absolute Gasteiger partial charge is 0.277 e. The van der Waals surface area contributed by atoms with Crippen LogP contribution in [-0.2, 0) is 0 Å². The van der Waals surface area contributed by atoms with Gasteiger partial charge >= 0.3 is 0 Å². The minimum Gasteiger partial charge on any atom is -0.307 e. The predicted octanol–water partition coefficient (Wildman–Crippen LogP) is 0.718. The van der Waals surface area contributed by atoms with Crippen LogP contribution in [-0.4, -0.2) is 21.1 Å². The second kappa shape index (κ2) is 5.19. The monoisotopic (exact) mass is 244 g/mol. The van der Waals surface area contributed by atoms with E-state index in [4.69, 9.17) is 5.84 Å². The van der Waals surface area contributed by atoms with Gasteiger partial charge in [-0.3, -0.25) is 4.79 Å². The molecule has 0 aliphatic heterocycles. The van der Waals surface area contributed by atoms with Gasteiger partial charge in [0.25, 0.3) is 5.91 Å². The molecular formula is C11H12N6O. The fourth-order valence-corrected chi connectivity index (χ4v) is 1.25. The van der Waals surface area contributed by atoms with Crippen LogP contribution in [0.5, 0.6) is 0 Å². The Morgan fingerprint density at radius 2 is 1.94 bits per heavy atom. The highest BCUT2D eigenvalue weighted by Gasteiger charge is 2.08. The molecule has 0 aliphatic carbocycles. The Hall–Kier alpha value is -2.54. The third-order valence-corrected chi connectivity index (χ3v) is 2.20. The van der Waals surface area contributed by atoms with Gasteiger partial charge < -0.3 is 10.7 Å². The lowest BCUT2D eigenvalue weighted by Gasteiger charge is -2.04. The number of rotatable bonds is 3. The van der Waals surface area contributed by atoms with Gasteiger partial charge in [0.1, 0.15) is 5.82 Å². The lowest BCUT2D eigenvalue weighted by Crippen LogP contribution is -2.16. The van der Waals surface area contributed by atoms with Gasteiger partial charge in [0, 0.05) is 6.20 Å². The highest BCUT2D eigenvalue weighted by molar-refractivity contribution is 6.02. The molecule has 0 aliphatic rings. The molecule has 0 atom stereocenters. The molecule has 2 aromatic rings. The summed E-state index contributed by atoms with van der Waals surface area (Å²) in [5.41, 5.74) is 3.54. The summed E-state index contributed by atoms with van der Waals surface area (Å²) in [6, 6.07) is 6.66. The minimum absolute atomic E-state index is 0.191. The first-order valence-corrected chi connectivity index (χ1v) is 5.23. The van der Waals surface area contributed by atoms with Gasteiger partial charge in [-0.25, -0.2) is 10.8 Å². The second-order valence-corrected chi connectivity index (χ2v) is 3.62. The number of pyridine rings is 1. The Balaban J connectivity index is 2.09. The lowest BCUT2D eigenvalue weighted by molar-refractivity contribution is 0.102. The minimum atomic E-state index is -0.373. The van der Waals surface area contributed by atoms with Crippen molar-refractivity contribution in [3.05, 3.63) is 41.7 Å². The van der Waals surface area contributed by atoms with Crippen LogP contribution < -0.4 is 16.6 Å². The number of carbonyl (C=O) groups excluding carboxylic acids is 1. The van der Waals surface area contributed by atoms with Crippen LogP contribution >= 0.6 is 0 Å². The average Bonchev–Trinajstić information content (AvgIpc) is 2.41. The van der Waals surface area contributed by atoms with E-state index in [1.165, 1.54) is 6.07 Å². The maximum atomic E-state index is 11.8. The summed E-state index contributed by atoms with van der Waals surface area (Å²) in [4.78, 5) is 15.9. The van der Waals surface area contributed by atoms with Crippen LogP contribution in [0.1, 0.15) is 16.1 Å². The van der Waals surface area contributed by atoms with Crippen molar-refractivity contribution in [3.63, 3.8) is 0 Å². The number of nitrogens with zero attached hydrogens (tertiary/aromatic N) is 3. The highest BCUT2D eigenvalue weighted by Crippen LogP contribution is 2.06. The molecule has 0 radical (unpaired) electrons. The van der Waals surface area contributed by atoms with Gasteiger partial charge in [-0.15, -0.1) is 10.2 Å². The van der Waals surface area contributed by atoms with Gasteiger partial charge in [-0.05, 0) is 30.7 Å². The van der Waals surface area contributed by atoms with E-state index < -0.39 is 0 Å². The quantitative estimate of drug-likeness (QED) is 0.542. The molecule has 0 unspecified atom stereocenters. The number of hydrazine groups is 1. The molecule has 0 aromatic carbocycles. The summed E-state index contributed by atoms with van der Waals surface area (Å²) >= 11 is 0. The van der Waals surface area contributed by atoms with Crippen molar-refractivity contribution in [2.45, 2.75) is 6.92 Å². The first-order valence-electron chi connectivity index (χ1n) is 5.23. The number of carbonyl (C=O) groups is 1. The molecule has 0 fully saturated rings. The third kappa shape index (κ3) is 2.77. The maximum Gasteiger partial charge on any atom is 0.277 e. The van der Waals surface area contributed by atoms with Gasteiger partial charge in [0.05, 0.1) is 0 Å². The van der Waals surface area contributed by atoms with Crippen LogP contribution in [0.2, 0.25) is 0 Å². The Morgan fingerprint density at radius 1 is 1.17 bits per heavy atom. The number of aromatic nitrogens is 3. The van der Waals surface area contributed by atoms with E-state index in [0.717, 1.165) is 5.56 Å². The van der Waals surface area contributed by atoms with Crippen LogP contribution in [0.15, 0.2) is 30.5 Å². The third-order valence-electron chi connectivity index (χ3n) is 2.20. The normalized spacial score (nSPS) is 9.89. The van der Waals surface area contributed by atoms with E-state index in [-0.39, 0.29) is 11.6 Å². The summed E-state index contributed by atoms with van der Waals surface area (Å²) in [6.07, 6.45) is 1.67. The molecule has 0 saturated carbocycles. The predicted molar refractivity (Wildman–Crippen MR) is 66.8 cm³/mol. The number of aryl methyl sites for hydroxylation is 1. The van der Waals surface area contributed by atoms with Crippen molar-refractivity contribution < 1.29 is 4.79 Å². The fourth-order valence-electron chi connectivity index (χ4n) is 1.25. The topological polar surface area (TPSA) is 106 Å². The number of anilines is 2. The number of hydrogen-bond donors (Lipinski definition) is 3. The van der Waals surface area contributed by atoms with Crippen molar-refractivity contribution >= 4 is 17.5 Å². The summed E-state index contributed by atoms with van der Waals surface area (Å²) in [5, 5.41) is 10.1. The van der Waals surface area contributed by atoms with E-state index in [9.17, 15) is 4.79 Å². The van der Waals surface area contributed by atoms with E-state index >= 15 is 0 Å². The Labute approximate surface area is 103 Å². The Morgan fingerprint density at radius 3 is 2.50 bits per heavy atom. The highest BCUT2D eigenvalue weighted by atomic mass is 16.2. The molecule has 2 heterocycles. The number of nitrogens with two attached hydrogens (primary N) is 1. The number of hydrogen-bond acceptors (Lipinski definition) is 6. The zero-order chi connectivity index (χ0) is 13.0. The van der Waals surface area contributed by atoms with E-state index in [1.807, 2.05) is 13.0 Å². The van der Waals surface area contributed by atoms with Crippen LogP contribution in [0.3, 0.4) is 0 Å². The molecule has 1 amide bonds. The summed E-state index contributed by atoms with van der Waals surface area (Å²) in [6.45, 7) is 1.92. The fraction of sp³-hybridized carbons (Fsp3) is 0.0909.